The lowest BCUT2D eigenvalue weighted by Crippen LogP contribution is -2.12. The molecule has 0 amide bonds. The van der Waals surface area contributed by atoms with E-state index in [9.17, 15) is 0 Å². The zero-order valence-corrected chi connectivity index (χ0v) is 9.47. The van der Waals surface area contributed by atoms with Gasteiger partial charge < -0.3 is 10.1 Å². The van der Waals surface area contributed by atoms with Gasteiger partial charge in [-0.1, -0.05) is 15.9 Å². The van der Waals surface area contributed by atoms with Crippen LogP contribution in [0.15, 0.2) is 27.7 Å². The maximum absolute atomic E-state index is 5.27. The van der Waals surface area contributed by atoms with Crippen molar-refractivity contribution in [1.29, 1.82) is 0 Å². The Labute approximate surface area is 91.3 Å². The Morgan fingerprint density at radius 3 is 3.00 bits per heavy atom. The molecule has 0 spiro atoms. The highest BCUT2D eigenvalue weighted by atomic mass is 79.9. The van der Waals surface area contributed by atoms with Gasteiger partial charge in [0.2, 0.25) is 0 Å². The molecule has 3 nitrogen and oxygen atoms in total. The predicted octanol–water partition coefficient (Wildman–Crippen LogP) is 2.56. The first-order valence-electron chi connectivity index (χ1n) is 4.46. The van der Waals surface area contributed by atoms with E-state index in [1.54, 1.807) is 0 Å². The fraction of sp³-hybridized carbons (Fsp3) is 0.300. The van der Waals surface area contributed by atoms with Crippen molar-refractivity contribution in [2.24, 2.45) is 4.99 Å². The Bertz CT molecular complexity index is 376. The van der Waals surface area contributed by atoms with Crippen LogP contribution < -0.4 is 5.32 Å². The lowest BCUT2D eigenvalue weighted by molar-refractivity contribution is 0.346. The van der Waals surface area contributed by atoms with Gasteiger partial charge in [-0.25, -0.2) is 4.99 Å². The number of hydrogen-bond donors (Lipinski definition) is 1. The van der Waals surface area contributed by atoms with Gasteiger partial charge in [0.1, 0.15) is 6.61 Å². The van der Waals surface area contributed by atoms with Crippen LogP contribution >= 0.6 is 15.9 Å². The van der Waals surface area contributed by atoms with Crippen molar-refractivity contribution in [3.63, 3.8) is 0 Å². The number of ether oxygens (including phenoxy) is 1. The van der Waals surface area contributed by atoms with Crippen LogP contribution in [0, 0.1) is 6.92 Å². The van der Waals surface area contributed by atoms with Gasteiger partial charge in [-0.05, 0) is 30.7 Å². The van der Waals surface area contributed by atoms with Gasteiger partial charge in [-0.15, -0.1) is 0 Å². The molecular formula is C10H11BrN2O. The summed E-state index contributed by atoms with van der Waals surface area (Å²) in [6, 6.07) is 6.67. The minimum atomic E-state index is 0.621. The number of benzene rings is 1. The van der Waals surface area contributed by atoms with Gasteiger partial charge in [0.25, 0.3) is 6.02 Å². The number of anilines is 1. The molecular weight excluding hydrogens is 244 g/mol. The quantitative estimate of drug-likeness (QED) is 0.836. The summed E-state index contributed by atoms with van der Waals surface area (Å²) in [6.45, 7) is 3.47. The lowest BCUT2D eigenvalue weighted by atomic mass is 10.2. The average Bonchev–Trinajstić information content (AvgIpc) is 2.62. The highest BCUT2D eigenvalue weighted by Crippen LogP contribution is 2.20. The second kappa shape index (κ2) is 4.00. The van der Waals surface area contributed by atoms with Gasteiger partial charge >= 0.3 is 0 Å². The SMILES string of the molecule is Cc1cc(Br)ccc1NC1=NCCO1. The van der Waals surface area contributed by atoms with Crippen LogP contribution in [0.4, 0.5) is 5.69 Å². The summed E-state index contributed by atoms with van der Waals surface area (Å²) in [4.78, 5) is 4.17. The molecule has 0 bridgehead atoms. The molecule has 0 aliphatic carbocycles. The van der Waals surface area contributed by atoms with Gasteiger partial charge in [0.15, 0.2) is 0 Å². The summed E-state index contributed by atoms with van der Waals surface area (Å²) in [5, 5.41) is 3.14. The number of rotatable bonds is 1. The lowest BCUT2D eigenvalue weighted by Gasteiger charge is -2.08. The number of amidine groups is 1. The first-order chi connectivity index (χ1) is 6.75. The third kappa shape index (κ3) is 2.07. The molecule has 0 radical (unpaired) electrons. The van der Waals surface area contributed by atoms with E-state index in [-0.39, 0.29) is 0 Å². The molecule has 74 valence electrons. The fourth-order valence-corrected chi connectivity index (χ4v) is 1.77. The highest BCUT2D eigenvalue weighted by molar-refractivity contribution is 9.10. The highest BCUT2D eigenvalue weighted by Gasteiger charge is 2.08. The van der Waals surface area contributed by atoms with Crippen molar-refractivity contribution >= 4 is 27.6 Å². The molecule has 1 N–H and O–H groups in total. The van der Waals surface area contributed by atoms with Crippen LogP contribution in [0.1, 0.15) is 5.56 Å². The van der Waals surface area contributed by atoms with Gasteiger partial charge in [-0.2, -0.15) is 0 Å². The van der Waals surface area contributed by atoms with Crippen molar-refractivity contribution in [1.82, 2.24) is 0 Å². The normalized spacial score (nSPS) is 14.9. The average molecular weight is 255 g/mol. The van der Waals surface area contributed by atoms with Crippen LogP contribution in [0.3, 0.4) is 0 Å². The molecule has 0 unspecified atom stereocenters. The topological polar surface area (TPSA) is 33.6 Å². The number of halogens is 1. The largest absolute Gasteiger partial charge is 0.463 e. The molecule has 14 heavy (non-hydrogen) atoms. The summed E-state index contributed by atoms with van der Waals surface area (Å²) in [7, 11) is 0. The van der Waals surface area contributed by atoms with Crippen molar-refractivity contribution in [3.05, 3.63) is 28.2 Å². The third-order valence-electron chi connectivity index (χ3n) is 2.02. The number of hydrogen-bond acceptors (Lipinski definition) is 3. The standard InChI is InChI=1S/C10H11BrN2O/c1-7-6-8(11)2-3-9(7)13-10-12-4-5-14-10/h2-3,6H,4-5H2,1H3,(H,12,13). The van der Waals surface area contributed by atoms with Gasteiger partial charge in [0, 0.05) is 10.2 Å². The molecule has 1 aromatic carbocycles. The molecule has 2 rings (SSSR count). The van der Waals surface area contributed by atoms with Crippen molar-refractivity contribution in [2.45, 2.75) is 6.92 Å². The molecule has 0 saturated carbocycles. The molecule has 0 saturated heterocycles. The summed E-state index contributed by atoms with van der Waals surface area (Å²) in [6.07, 6.45) is 0. The number of nitrogens with one attached hydrogen (secondary N) is 1. The van der Waals surface area contributed by atoms with Crippen molar-refractivity contribution in [2.75, 3.05) is 18.5 Å². The molecule has 0 fully saturated rings. The Morgan fingerprint density at radius 2 is 2.36 bits per heavy atom. The fourth-order valence-electron chi connectivity index (χ4n) is 1.29. The van der Waals surface area contributed by atoms with E-state index in [4.69, 9.17) is 4.74 Å². The number of nitrogens with zero attached hydrogens (tertiary/aromatic N) is 1. The summed E-state index contributed by atoms with van der Waals surface area (Å²) in [5.41, 5.74) is 2.20. The van der Waals surface area contributed by atoms with E-state index in [0.717, 1.165) is 22.3 Å². The minimum Gasteiger partial charge on any atom is -0.463 e. The maximum Gasteiger partial charge on any atom is 0.289 e. The van der Waals surface area contributed by atoms with Crippen LogP contribution in [0.25, 0.3) is 0 Å². The number of aryl methyl sites for hydroxylation is 1. The van der Waals surface area contributed by atoms with E-state index < -0.39 is 0 Å². The Balaban J connectivity index is 2.16. The maximum atomic E-state index is 5.27. The van der Waals surface area contributed by atoms with E-state index in [0.29, 0.717) is 12.6 Å². The third-order valence-corrected chi connectivity index (χ3v) is 2.51. The zero-order chi connectivity index (χ0) is 9.97. The Hall–Kier alpha value is -1.03. The monoisotopic (exact) mass is 254 g/mol. The predicted molar refractivity (Wildman–Crippen MR) is 60.8 cm³/mol. The Kier molecular flexibility index (Phi) is 2.72. The second-order valence-electron chi connectivity index (χ2n) is 3.12. The smallest absolute Gasteiger partial charge is 0.289 e. The molecule has 0 aromatic heterocycles. The van der Waals surface area contributed by atoms with Crippen molar-refractivity contribution < 1.29 is 4.74 Å². The van der Waals surface area contributed by atoms with Gasteiger partial charge in [0.05, 0.1) is 6.54 Å². The molecule has 0 atom stereocenters. The minimum absolute atomic E-state index is 0.621. The second-order valence-corrected chi connectivity index (χ2v) is 4.04. The van der Waals surface area contributed by atoms with Crippen molar-refractivity contribution in [3.8, 4) is 0 Å². The van der Waals surface area contributed by atoms with E-state index in [1.807, 2.05) is 19.1 Å². The van der Waals surface area contributed by atoms with E-state index >= 15 is 0 Å². The first kappa shape index (κ1) is 9.52. The van der Waals surface area contributed by atoms with Gasteiger partial charge in [-0.3, -0.25) is 0 Å². The summed E-state index contributed by atoms with van der Waals surface area (Å²) >= 11 is 3.42. The van der Waals surface area contributed by atoms with Crippen LogP contribution in [0.2, 0.25) is 0 Å². The van der Waals surface area contributed by atoms with E-state index in [1.165, 1.54) is 0 Å². The summed E-state index contributed by atoms with van der Waals surface area (Å²) in [5.74, 6) is 0. The van der Waals surface area contributed by atoms with E-state index in [2.05, 4.69) is 32.3 Å². The molecule has 1 heterocycles. The number of aliphatic imine (C=N–C) groups is 1. The van der Waals surface area contributed by atoms with Crippen LogP contribution in [-0.2, 0) is 4.74 Å². The van der Waals surface area contributed by atoms with Crippen LogP contribution in [0.5, 0.6) is 0 Å². The molecule has 1 aromatic rings. The molecule has 1 aliphatic heterocycles. The first-order valence-corrected chi connectivity index (χ1v) is 5.25. The molecule has 1 aliphatic rings. The van der Waals surface area contributed by atoms with Crippen LogP contribution in [-0.4, -0.2) is 19.2 Å². The zero-order valence-electron chi connectivity index (χ0n) is 7.88. The molecule has 4 heteroatoms. The Morgan fingerprint density at radius 1 is 1.50 bits per heavy atom. The summed E-state index contributed by atoms with van der Waals surface area (Å²) < 4.78 is 6.35.